The first-order valence-corrected chi connectivity index (χ1v) is 7.14. The van der Waals surface area contributed by atoms with Crippen LogP contribution in [0.3, 0.4) is 0 Å². The predicted molar refractivity (Wildman–Crippen MR) is 78.8 cm³/mol. The molecule has 1 saturated heterocycles. The molecule has 0 bridgehead atoms. The van der Waals surface area contributed by atoms with Crippen LogP contribution in [0.2, 0.25) is 0 Å². The Morgan fingerprint density at radius 2 is 2.05 bits per heavy atom. The molecule has 1 unspecified atom stereocenters. The lowest BCUT2D eigenvalue weighted by Crippen LogP contribution is -2.34. The van der Waals surface area contributed by atoms with Crippen molar-refractivity contribution >= 4 is 17.3 Å². The van der Waals surface area contributed by atoms with Crippen molar-refractivity contribution in [2.75, 3.05) is 36.5 Å². The Labute approximate surface area is 119 Å². The second kappa shape index (κ2) is 5.07. The first kappa shape index (κ1) is 13.4. The third-order valence-corrected chi connectivity index (χ3v) is 4.54. The summed E-state index contributed by atoms with van der Waals surface area (Å²) in [5.41, 5.74) is 8.88. The molecule has 0 aromatic heterocycles. The molecule has 0 aliphatic carbocycles. The second-order valence-electron chi connectivity index (χ2n) is 5.73. The average Bonchev–Trinajstić information content (AvgIpc) is 2.72. The highest BCUT2D eigenvalue weighted by molar-refractivity contribution is 6.04. The molecule has 0 radical (unpaired) electrons. The average molecular weight is 275 g/mol. The molecule has 1 aromatic carbocycles. The van der Waals surface area contributed by atoms with Crippen LogP contribution < -0.4 is 15.5 Å². The van der Waals surface area contributed by atoms with E-state index in [9.17, 15) is 9.90 Å². The molecular weight excluding hydrogens is 254 g/mol. The van der Waals surface area contributed by atoms with E-state index in [1.165, 1.54) is 0 Å². The first-order chi connectivity index (χ1) is 9.61. The molecule has 20 heavy (non-hydrogen) atoms. The molecule has 1 aromatic rings. The smallest absolute Gasteiger partial charge is 0.248 e. The fourth-order valence-electron chi connectivity index (χ4n) is 3.12. The maximum absolute atomic E-state index is 11.9. The zero-order valence-corrected chi connectivity index (χ0v) is 11.7. The molecule has 0 saturated carbocycles. The number of carbonyl (C=O) groups is 1. The van der Waals surface area contributed by atoms with Crippen LogP contribution in [0.15, 0.2) is 18.2 Å². The van der Waals surface area contributed by atoms with E-state index in [2.05, 4.69) is 11.0 Å². The van der Waals surface area contributed by atoms with Gasteiger partial charge in [-0.3, -0.25) is 4.79 Å². The van der Waals surface area contributed by atoms with Gasteiger partial charge in [0.15, 0.2) is 0 Å². The van der Waals surface area contributed by atoms with E-state index >= 15 is 0 Å². The minimum absolute atomic E-state index is 0.0452. The van der Waals surface area contributed by atoms with Crippen molar-refractivity contribution in [3.8, 4) is 0 Å². The summed E-state index contributed by atoms with van der Waals surface area (Å²) in [4.78, 5) is 15.8. The molecule has 3 N–H and O–H groups in total. The van der Waals surface area contributed by atoms with Crippen molar-refractivity contribution in [1.29, 1.82) is 0 Å². The van der Waals surface area contributed by atoms with Crippen molar-refractivity contribution in [3.63, 3.8) is 0 Å². The van der Waals surface area contributed by atoms with Crippen LogP contribution in [-0.2, 0) is 4.79 Å². The number of nitrogens with zero attached hydrogens (tertiary/aromatic N) is 2. The molecule has 5 heteroatoms. The number of amides is 1. The van der Waals surface area contributed by atoms with Gasteiger partial charge in [0.25, 0.3) is 0 Å². The maximum atomic E-state index is 11.9. The van der Waals surface area contributed by atoms with Crippen molar-refractivity contribution < 1.29 is 9.90 Å². The van der Waals surface area contributed by atoms with Crippen LogP contribution in [0.1, 0.15) is 24.4 Å². The van der Waals surface area contributed by atoms with E-state index in [0.29, 0.717) is 5.92 Å². The number of likely N-dealkylation sites (N-methyl/N-ethyl adjacent to an activating group) is 1. The summed E-state index contributed by atoms with van der Waals surface area (Å²) in [6, 6.07) is 5.54. The normalized spacial score (nSPS) is 23.4. The third-order valence-electron chi connectivity index (χ3n) is 4.54. The number of anilines is 2. The minimum Gasteiger partial charge on any atom is -0.396 e. The Morgan fingerprint density at radius 3 is 2.70 bits per heavy atom. The zero-order chi connectivity index (χ0) is 14.3. The van der Waals surface area contributed by atoms with E-state index < -0.39 is 6.04 Å². The molecule has 1 atom stereocenters. The molecule has 1 amide bonds. The van der Waals surface area contributed by atoms with E-state index in [1.54, 1.807) is 11.9 Å². The predicted octanol–water partition coefficient (Wildman–Crippen LogP) is 0.871. The van der Waals surface area contributed by atoms with Gasteiger partial charge in [0, 0.05) is 38.0 Å². The lowest BCUT2D eigenvalue weighted by atomic mass is 9.97. The summed E-state index contributed by atoms with van der Waals surface area (Å²) < 4.78 is 0. The fraction of sp³-hybridized carbons (Fsp3) is 0.533. The highest BCUT2D eigenvalue weighted by atomic mass is 16.3. The molecule has 2 aliphatic rings. The highest BCUT2D eigenvalue weighted by Gasteiger charge is 2.32. The Balaban J connectivity index is 1.82. The van der Waals surface area contributed by atoms with Gasteiger partial charge in [-0.05, 0) is 30.9 Å². The van der Waals surface area contributed by atoms with Crippen LogP contribution in [0.25, 0.3) is 0 Å². The number of carbonyl (C=O) groups excluding carboxylic acids is 1. The van der Waals surface area contributed by atoms with Crippen molar-refractivity contribution in [2.24, 2.45) is 11.7 Å². The Kier molecular flexibility index (Phi) is 3.40. The van der Waals surface area contributed by atoms with Crippen molar-refractivity contribution in [3.05, 3.63) is 23.8 Å². The van der Waals surface area contributed by atoms with E-state index in [0.717, 1.165) is 42.9 Å². The van der Waals surface area contributed by atoms with Gasteiger partial charge in [-0.2, -0.15) is 0 Å². The van der Waals surface area contributed by atoms with E-state index in [4.69, 9.17) is 5.73 Å². The standard InChI is InChI=1S/C15H21N3O2/c1-17-13-8-11(2-3-12(13)14(16)15(17)20)18-6-4-10(9-19)5-7-18/h2-3,8,10,14,19H,4-7,9,16H2,1H3. The molecule has 108 valence electrons. The van der Waals surface area contributed by atoms with Crippen LogP contribution in [0, 0.1) is 5.92 Å². The summed E-state index contributed by atoms with van der Waals surface area (Å²) in [6.07, 6.45) is 2.03. The topological polar surface area (TPSA) is 69.8 Å². The van der Waals surface area contributed by atoms with Gasteiger partial charge in [-0.15, -0.1) is 0 Å². The SMILES string of the molecule is CN1C(=O)C(N)c2ccc(N3CCC(CO)CC3)cc21. The fourth-order valence-corrected chi connectivity index (χ4v) is 3.12. The Morgan fingerprint density at radius 1 is 1.35 bits per heavy atom. The Hall–Kier alpha value is -1.59. The number of fused-ring (bicyclic) bond motifs is 1. The van der Waals surface area contributed by atoms with Gasteiger partial charge in [-0.1, -0.05) is 6.07 Å². The van der Waals surface area contributed by atoms with Gasteiger partial charge in [0.2, 0.25) is 5.91 Å². The Bertz CT molecular complexity index is 524. The number of hydrogen-bond acceptors (Lipinski definition) is 4. The summed E-state index contributed by atoms with van der Waals surface area (Å²) >= 11 is 0. The van der Waals surface area contributed by atoms with Crippen LogP contribution in [0.5, 0.6) is 0 Å². The van der Waals surface area contributed by atoms with E-state index in [1.807, 2.05) is 12.1 Å². The number of hydrogen-bond donors (Lipinski definition) is 2. The van der Waals surface area contributed by atoms with Crippen molar-refractivity contribution in [2.45, 2.75) is 18.9 Å². The number of nitrogens with two attached hydrogens (primary N) is 1. The lowest BCUT2D eigenvalue weighted by Gasteiger charge is -2.33. The number of benzene rings is 1. The lowest BCUT2D eigenvalue weighted by molar-refractivity contribution is -0.118. The molecule has 1 fully saturated rings. The molecule has 2 heterocycles. The molecule has 2 aliphatic heterocycles. The van der Waals surface area contributed by atoms with Gasteiger partial charge in [0.05, 0.1) is 5.69 Å². The zero-order valence-electron chi connectivity index (χ0n) is 11.7. The van der Waals surface area contributed by atoms with Crippen LogP contribution >= 0.6 is 0 Å². The van der Waals surface area contributed by atoms with Gasteiger partial charge in [0.1, 0.15) is 6.04 Å². The van der Waals surface area contributed by atoms with Gasteiger partial charge in [-0.25, -0.2) is 0 Å². The summed E-state index contributed by atoms with van der Waals surface area (Å²) in [5, 5.41) is 9.19. The van der Waals surface area contributed by atoms with Gasteiger partial charge >= 0.3 is 0 Å². The van der Waals surface area contributed by atoms with E-state index in [-0.39, 0.29) is 12.5 Å². The number of rotatable bonds is 2. The molecule has 3 rings (SSSR count). The first-order valence-electron chi connectivity index (χ1n) is 7.14. The molecule has 0 spiro atoms. The highest BCUT2D eigenvalue weighted by Crippen LogP contribution is 2.37. The number of piperidine rings is 1. The largest absolute Gasteiger partial charge is 0.396 e. The monoisotopic (exact) mass is 275 g/mol. The maximum Gasteiger partial charge on any atom is 0.248 e. The number of aliphatic hydroxyl groups excluding tert-OH is 1. The molecular formula is C15H21N3O2. The third kappa shape index (κ3) is 2.07. The van der Waals surface area contributed by atoms with Crippen molar-refractivity contribution in [1.82, 2.24) is 0 Å². The summed E-state index contributed by atoms with van der Waals surface area (Å²) in [6.45, 7) is 2.19. The molecule has 5 nitrogen and oxygen atoms in total. The van der Waals surface area contributed by atoms with Crippen LogP contribution in [0.4, 0.5) is 11.4 Å². The summed E-state index contributed by atoms with van der Waals surface area (Å²) in [7, 11) is 1.77. The van der Waals surface area contributed by atoms with Gasteiger partial charge < -0.3 is 20.6 Å². The number of aliphatic hydroxyl groups is 1. The van der Waals surface area contributed by atoms with Crippen LogP contribution in [-0.4, -0.2) is 37.8 Å². The minimum atomic E-state index is -0.524. The summed E-state index contributed by atoms with van der Waals surface area (Å²) in [5.74, 6) is 0.384. The quantitative estimate of drug-likeness (QED) is 0.840. The second-order valence-corrected chi connectivity index (χ2v) is 5.73.